The van der Waals surface area contributed by atoms with Crippen LogP contribution in [0.4, 0.5) is 0 Å². The van der Waals surface area contributed by atoms with Gasteiger partial charge in [-0.25, -0.2) is 8.42 Å². The molecule has 1 heterocycles. The predicted molar refractivity (Wildman–Crippen MR) is 115 cm³/mol. The minimum absolute atomic E-state index is 0.0321. The Hall–Kier alpha value is -2.22. The van der Waals surface area contributed by atoms with E-state index in [0.29, 0.717) is 30.8 Å². The van der Waals surface area contributed by atoms with Crippen molar-refractivity contribution in [3.8, 4) is 0 Å². The fraction of sp³-hybridized carbons (Fsp3) is 0.409. The molecule has 0 bridgehead atoms. The number of amides is 1. The van der Waals surface area contributed by atoms with Crippen LogP contribution in [0.5, 0.6) is 0 Å². The zero-order valence-corrected chi connectivity index (χ0v) is 17.7. The molecule has 0 spiro atoms. The molecule has 1 fully saturated rings. The molecule has 0 radical (unpaired) electrons. The molecule has 0 saturated carbocycles. The summed E-state index contributed by atoms with van der Waals surface area (Å²) >= 11 is 0. The molecule has 1 aliphatic heterocycles. The normalized spacial score (nSPS) is 15.9. The van der Waals surface area contributed by atoms with Crippen LogP contribution in [0.3, 0.4) is 0 Å². The summed E-state index contributed by atoms with van der Waals surface area (Å²) < 4.78 is 26.8. The molecular weight excluding hydrogens is 386 g/mol. The van der Waals surface area contributed by atoms with Crippen LogP contribution in [0.15, 0.2) is 54.6 Å². The maximum absolute atomic E-state index is 12.6. The zero-order valence-electron chi connectivity index (χ0n) is 16.9. The van der Waals surface area contributed by atoms with E-state index in [-0.39, 0.29) is 11.7 Å². The van der Waals surface area contributed by atoms with Gasteiger partial charge in [0.2, 0.25) is 10.0 Å². The summed E-state index contributed by atoms with van der Waals surface area (Å²) in [7, 11) is -1.34. The first-order valence-corrected chi connectivity index (χ1v) is 11.6. The molecule has 1 aliphatic rings. The Morgan fingerprint density at radius 2 is 1.59 bits per heavy atom. The molecule has 2 aromatic carbocycles. The van der Waals surface area contributed by atoms with Crippen LogP contribution in [-0.2, 0) is 22.2 Å². The summed E-state index contributed by atoms with van der Waals surface area (Å²) in [5.74, 6) is -0.165. The number of nitrogens with one attached hydrogen (secondary N) is 1. The number of benzene rings is 2. The highest BCUT2D eigenvalue weighted by Gasteiger charge is 2.25. The molecule has 0 aliphatic carbocycles. The molecule has 1 amide bonds. The topological polar surface area (TPSA) is 69.7 Å². The Balaban J connectivity index is 1.47. The standard InChI is InChI=1S/C22H29N3O3S/c1-24-14-16-25(17-15-24)29(27,28)18-20-9-11-21(12-10-20)22(26)23-13-5-8-19-6-3-2-4-7-19/h2-4,6-7,9-12H,5,8,13-18H2,1H3,(H,23,26). The lowest BCUT2D eigenvalue weighted by molar-refractivity contribution is 0.0953. The SMILES string of the molecule is CN1CCN(S(=O)(=O)Cc2ccc(C(=O)NCCCc3ccccc3)cc2)CC1. The van der Waals surface area contributed by atoms with E-state index in [1.165, 1.54) is 5.56 Å². The van der Waals surface area contributed by atoms with Crippen LogP contribution >= 0.6 is 0 Å². The molecule has 156 valence electrons. The van der Waals surface area contributed by atoms with Gasteiger partial charge in [-0.2, -0.15) is 4.31 Å². The number of carbonyl (C=O) groups is 1. The summed E-state index contributed by atoms with van der Waals surface area (Å²) in [5, 5.41) is 2.92. The van der Waals surface area contributed by atoms with Crippen molar-refractivity contribution in [3.05, 3.63) is 71.3 Å². The third kappa shape index (κ3) is 6.39. The summed E-state index contributed by atoms with van der Waals surface area (Å²) in [6.07, 6.45) is 1.79. The third-order valence-electron chi connectivity index (χ3n) is 5.19. The number of hydrogen-bond acceptors (Lipinski definition) is 4. The molecule has 6 nitrogen and oxygen atoms in total. The van der Waals surface area contributed by atoms with Crippen molar-refractivity contribution >= 4 is 15.9 Å². The molecule has 2 aromatic rings. The average Bonchev–Trinajstić information content (AvgIpc) is 2.72. The lowest BCUT2D eigenvalue weighted by Crippen LogP contribution is -2.47. The van der Waals surface area contributed by atoms with Crippen molar-refractivity contribution in [1.29, 1.82) is 0 Å². The second-order valence-electron chi connectivity index (χ2n) is 7.50. The molecule has 0 unspecified atom stereocenters. The van der Waals surface area contributed by atoms with E-state index in [9.17, 15) is 13.2 Å². The number of likely N-dealkylation sites (N-methyl/N-ethyl adjacent to an activating group) is 1. The Labute approximate surface area is 173 Å². The van der Waals surface area contributed by atoms with Gasteiger partial charge in [0.15, 0.2) is 0 Å². The number of hydrogen-bond donors (Lipinski definition) is 1. The van der Waals surface area contributed by atoms with Crippen molar-refractivity contribution < 1.29 is 13.2 Å². The van der Waals surface area contributed by atoms with E-state index < -0.39 is 10.0 Å². The fourth-order valence-corrected chi connectivity index (χ4v) is 4.88. The van der Waals surface area contributed by atoms with Crippen molar-refractivity contribution in [3.63, 3.8) is 0 Å². The first-order valence-electron chi connectivity index (χ1n) is 10.0. The maximum Gasteiger partial charge on any atom is 0.251 e. The van der Waals surface area contributed by atoms with Crippen LogP contribution in [0.1, 0.15) is 27.9 Å². The Kier molecular flexibility index (Phi) is 7.41. The third-order valence-corrected chi connectivity index (χ3v) is 7.04. The van der Waals surface area contributed by atoms with Crippen molar-refractivity contribution in [1.82, 2.24) is 14.5 Å². The number of sulfonamides is 1. The van der Waals surface area contributed by atoms with Gasteiger partial charge >= 0.3 is 0 Å². The zero-order chi connectivity index (χ0) is 20.7. The number of aryl methyl sites for hydroxylation is 1. The van der Waals surface area contributed by atoms with Gasteiger partial charge in [0.1, 0.15) is 0 Å². The predicted octanol–water partition coefficient (Wildman–Crippen LogP) is 2.13. The largest absolute Gasteiger partial charge is 0.352 e. The highest BCUT2D eigenvalue weighted by molar-refractivity contribution is 7.88. The first-order chi connectivity index (χ1) is 13.9. The van der Waals surface area contributed by atoms with Gasteiger partial charge in [-0.15, -0.1) is 0 Å². The van der Waals surface area contributed by atoms with Gasteiger partial charge < -0.3 is 10.2 Å². The van der Waals surface area contributed by atoms with Crippen LogP contribution in [0.25, 0.3) is 0 Å². The van der Waals surface area contributed by atoms with Crippen LogP contribution in [0.2, 0.25) is 0 Å². The maximum atomic E-state index is 12.6. The molecule has 1 N–H and O–H groups in total. The smallest absolute Gasteiger partial charge is 0.251 e. The molecular formula is C22H29N3O3S. The number of carbonyl (C=O) groups excluding carboxylic acids is 1. The number of nitrogens with zero attached hydrogens (tertiary/aromatic N) is 2. The minimum Gasteiger partial charge on any atom is -0.352 e. The van der Waals surface area contributed by atoms with Gasteiger partial charge in [0, 0.05) is 38.3 Å². The Morgan fingerprint density at radius 3 is 2.24 bits per heavy atom. The van der Waals surface area contributed by atoms with Crippen molar-refractivity contribution in [2.75, 3.05) is 39.8 Å². The van der Waals surface area contributed by atoms with Gasteiger partial charge in [0.25, 0.3) is 5.91 Å². The van der Waals surface area contributed by atoms with E-state index in [4.69, 9.17) is 0 Å². The van der Waals surface area contributed by atoms with E-state index in [0.717, 1.165) is 25.9 Å². The summed E-state index contributed by atoms with van der Waals surface area (Å²) in [5.41, 5.74) is 2.50. The molecule has 7 heteroatoms. The van der Waals surface area contributed by atoms with Crippen LogP contribution in [0, 0.1) is 0 Å². The molecule has 1 saturated heterocycles. The summed E-state index contributed by atoms with van der Waals surface area (Å²) in [6.45, 7) is 3.17. The summed E-state index contributed by atoms with van der Waals surface area (Å²) in [6, 6.07) is 17.0. The molecule has 0 atom stereocenters. The van der Waals surface area contributed by atoms with Crippen molar-refractivity contribution in [2.24, 2.45) is 0 Å². The molecule has 0 aromatic heterocycles. The Morgan fingerprint density at radius 1 is 0.931 bits per heavy atom. The van der Waals surface area contributed by atoms with E-state index in [2.05, 4.69) is 22.3 Å². The highest BCUT2D eigenvalue weighted by atomic mass is 32.2. The fourth-order valence-electron chi connectivity index (χ4n) is 3.36. The van der Waals surface area contributed by atoms with Gasteiger partial charge in [0.05, 0.1) is 5.75 Å². The van der Waals surface area contributed by atoms with E-state index in [1.54, 1.807) is 28.6 Å². The van der Waals surface area contributed by atoms with Crippen molar-refractivity contribution in [2.45, 2.75) is 18.6 Å². The van der Waals surface area contributed by atoms with E-state index >= 15 is 0 Å². The average molecular weight is 416 g/mol. The molecule has 3 rings (SSSR count). The van der Waals surface area contributed by atoms with Crippen LogP contribution in [-0.4, -0.2) is 63.3 Å². The second-order valence-corrected chi connectivity index (χ2v) is 9.47. The summed E-state index contributed by atoms with van der Waals surface area (Å²) in [4.78, 5) is 14.4. The lowest BCUT2D eigenvalue weighted by atomic mass is 10.1. The lowest BCUT2D eigenvalue weighted by Gasteiger charge is -2.31. The second kappa shape index (κ2) is 10.0. The van der Waals surface area contributed by atoms with Gasteiger partial charge in [-0.1, -0.05) is 42.5 Å². The molecule has 29 heavy (non-hydrogen) atoms. The van der Waals surface area contributed by atoms with E-state index in [1.807, 2.05) is 25.2 Å². The highest BCUT2D eigenvalue weighted by Crippen LogP contribution is 2.14. The quantitative estimate of drug-likeness (QED) is 0.671. The van der Waals surface area contributed by atoms with Gasteiger partial charge in [-0.05, 0) is 43.1 Å². The minimum atomic E-state index is -3.33. The Bertz CT molecular complexity index is 891. The number of piperazine rings is 1. The van der Waals surface area contributed by atoms with Crippen LogP contribution < -0.4 is 5.32 Å². The number of rotatable bonds is 8. The first kappa shape index (κ1) is 21.5. The van der Waals surface area contributed by atoms with Gasteiger partial charge in [-0.3, -0.25) is 4.79 Å². The monoisotopic (exact) mass is 415 g/mol.